The van der Waals surface area contributed by atoms with Gasteiger partial charge >= 0.3 is 0 Å². The number of nitrogens with one attached hydrogen (secondary N) is 2. The van der Waals surface area contributed by atoms with E-state index >= 15 is 0 Å². The van der Waals surface area contributed by atoms with Crippen LogP contribution in [-0.4, -0.2) is 21.1 Å². The molecular formula is C17H16ClN3OS. The van der Waals surface area contributed by atoms with Gasteiger partial charge in [0.25, 0.3) is 0 Å². The van der Waals surface area contributed by atoms with Crippen LogP contribution >= 0.6 is 23.4 Å². The van der Waals surface area contributed by atoms with Crippen LogP contribution in [-0.2, 0) is 4.79 Å². The number of H-pyrrole nitrogens is 1. The summed E-state index contributed by atoms with van der Waals surface area (Å²) in [5, 5.41) is 4.01. The third-order valence-corrected chi connectivity index (χ3v) is 4.58. The number of aromatic amines is 1. The number of carbonyl (C=O) groups excluding carboxylic acids is 1. The molecule has 0 bridgehead atoms. The van der Waals surface area contributed by atoms with Crippen molar-refractivity contribution in [3.05, 3.63) is 53.1 Å². The lowest BCUT2D eigenvalue weighted by Gasteiger charge is -2.10. The van der Waals surface area contributed by atoms with E-state index in [2.05, 4.69) is 15.3 Å². The number of nitrogens with zero attached hydrogens (tertiary/aromatic N) is 1. The molecule has 0 saturated carbocycles. The number of thioether (sulfide) groups is 1. The molecule has 1 heterocycles. The highest BCUT2D eigenvalue weighted by Gasteiger charge is 2.17. The molecule has 4 nitrogen and oxygen atoms in total. The molecule has 3 rings (SSSR count). The Kier molecular flexibility index (Phi) is 4.59. The number of halogens is 1. The molecule has 1 aromatic heterocycles. The summed E-state index contributed by atoms with van der Waals surface area (Å²) in [7, 11) is 0. The predicted molar refractivity (Wildman–Crippen MR) is 96.2 cm³/mol. The number of rotatable bonds is 4. The highest BCUT2D eigenvalue weighted by atomic mass is 35.5. The summed E-state index contributed by atoms with van der Waals surface area (Å²) in [5.74, 6) is -0.0564. The van der Waals surface area contributed by atoms with Crippen molar-refractivity contribution in [2.75, 3.05) is 5.32 Å². The van der Waals surface area contributed by atoms with E-state index in [4.69, 9.17) is 11.6 Å². The smallest absolute Gasteiger partial charge is 0.237 e. The second-order valence-corrected chi connectivity index (χ2v) is 7.09. The highest BCUT2D eigenvalue weighted by molar-refractivity contribution is 8.00. The Bertz CT molecular complexity index is 862. The molecule has 2 aromatic carbocycles. The van der Waals surface area contributed by atoms with E-state index in [1.165, 1.54) is 11.8 Å². The van der Waals surface area contributed by atoms with Crippen molar-refractivity contribution in [3.8, 4) is 0 Å². The van der Waals surface area contributed by atoms with Gasteiger partial charge in [-0.1, -0.05) is 35.5 Å². The summed E-state index contributed by atoms with van der Waals surface area (Å²) in [5.41, 5.74) is 3.62. The minimum Gasteiger partial charge on any atom is -0.333 e. The third kappa shape index (κ3) is 3.86. The molecular weight excluding hydrogens is 330 g/mol. The molecule has 0 spiro atoms. The number of anilines is 1. The molecule has 2 N–H and O–H groups in total. The lowest BCUT2D eigenvalue weighted by Crippen LogP contribution is -2.22. The largest absolute Gasteiger partial charge is 0.333 e. The first-order chi connectivity index (χ1) is 11.0. The van der Waals surface area contributed by atoms with E-state index in [0.717, 1.165) is 22.3 Å². The van der Waals surface area contributed by atoms with Crippen molar-refractivity contribution in [1.29, 1.82) is 0 Å². The number of amides is 1. The number of aryl methyl sites for hydroxylation is 1. The van der Waals surface area contributed by atoms with Gasteiger partial charge < -0.3 is 10.3 Å². The standard InChI is InChI=1S/C17H16ClN3OS/c1-10-4-3-5-13(8-10)19-16(22)11(2)23-17-20-14-7-6-12(18)9-15(14)21-17/h3-9,11H,1-2H3,(H,19,22)(H,20,21)/t11-/m1/s1. The first kappa shape index (κ1) is 15.9. The minimum absolute atomic E-state index is 0.0564. The average molecular weight is 346 g/mol. The first-order valence-corrected chi connectivity index (χ1v) is 8.46. The van der Waals surface area contributed by atoms with Crippen LogP contribution in [0.25, 0.3) is 11.0 Å². The maximum atomic E-state index is 12.3. The quantitative estimate of drug-likeness (QED) is 0.677. The van der Waals surface area contributed by atoms with Gasteiger partial charge in [-0.05, 0) is 49.7 Å². The summed E-state index contributed by atoms with van der Waals surface area (Å²) in [6.45, 7) is 3.85. The molecule has 0 radical (unpaired) electrons. The molecule has 1 amide bonds. The number of carbonyl (C=O) groups is 1. The highest BCUT2D eigenvalue weighted by Crippen LogP contribution is 2.25. The predicted octanol–water partition coefficient (Wildman–Crippen LogP) is 4.64. The molecule has 0 aliphatic carbocycles. The Hall–Kier alpha value is -1.98. The molecule has 0 fully saturated rings. The maximum absolute atomic E-state index is 12.3. The summed E-state index contributed by atoms with van der Waals surface area (Å²) in [4.78, 5) is 20.0. The Morgan fingerprint density at radius 2 is 2.13 bits per heavy atom. The van der Waals surface area contributed by atoms with Gasteiger partial charge in [0, 0.05) is 10.7 Å². The van der Waals surface area contributed by atoms with Crippen molar-refractivity contribution < 1.29 is 4.79 Å². The van der Waals surface area contributed by atoms with Gasteiger partial charge in [0.2, 0.25) is 5.91 Å². The van der Waals surface area contributed by atoms with E-state index in [9.17, 15) is 4.79 Å². The second-order valence-electron chi connectivity index (χ2n) is 5.32. The average Bonchev–Trinajstić information content (AvgIpc) is 2.88. The molecule has 6 heteroatoms. The first-order valence-electron chi connectivity index (χ1n) is 7.21. The number of imidazole rings is 1. The van der Waals surface area contributed by atoms with Gasteiger partial charge in [0.1, 0.15) is 0 Å². The van der Waals surface area contributed by atoms with Gasteiger partial charge in [-0.3, -0.25) is 4.79 Å². The Labute approximate surface area is 143 Å². The molecule has 0 unspecified atom stereocenters. The lowest BCUT2D eigenvalue weighted by atomic mass is 10.2. The fourth-order valence-corrected chi connectivity index (χ4v) is 3.19. The van der Waals surface area contributed by atoms with Crippen LogP contribution in [0.15, 0.2) is 47.6 Å². The fraction of sp³-hybridized carbons (Fsp3) is 0.176. The van der Waals surface area contributed by atoms with Crippen molar-refractivity contribution in [1.82, 2.24) is 9.97 Å². The monoisotopic (exact) mass is 345 g/mol. The second kappa shape index (κ2) is 6.64. The Balaban J connectivity index is 1.69. The molecule has 0 aliphatic rings. The van der Waals surface area contributed by atoms with E-state index in [-0.39, 0.29) is 11.2 Å². The SMILES string of the molecule is Cc1cccc(NC(=O)[C@@H](C)Sc2nc3ccc(Cl)cc3[nH]2)c1. The summed E-state index contributed by atoms with van der Waals surface area (Å²) in [6, 6.07) is 13.2. The number of hydrogen-bond donors (Lipinski definition) is 2. The molecule has 0 aliphatic heterocycles. The third-order valence-electron chi connectivity index (χ3n) is 3.37. The van der Waals surface area contributed by atoms with Crippen LogP contribution in [0.4, 0.5) is 5.69 Å². The van der Waals surface area contributed by atoms with Crippen molar-refractivity contribution in [2.24, 2.45) is 0 Å². The summed E-state index contributed by atoms with van der Waals surface area (Å²) < 4.78 is 0. The van der Waals surface area contributed by atoms with Gasteiger partial charge in [-0.25, -0.2) is 4.98 Å². The number of fused-ring (bicyclic) bond motifs is 1. The Morgan fingerprint density at radius 1 is 1.30 bits per heavy atom. The lowest BCUT2D eigenvalue weighted by molar-refractivity contribution is -0.115. The fourth-order valence-electron chi connectivity index (χ4n) is 2.20. The zero-order valence-corrected chi connectivity index (χ0v) is 14.3. The van der Waals surface area contributed by atoms with Crippen LogP contribution in [0.2, 0.25) is 5.02 Å². The van der Waals surface area contributed by atoms with Crippen LogP contribution in [0.3, 0.4) is 0 Å². The molecule has 23 heavy (non-hydrogen) atoms. The zero-order chi connectivity index (χ0) is 16.4. The molecule has 1 atom stereocenters. The number of benzene rings is 2. The summed E-state index contributed by atoms with van der Waals surface area (Å²) in [6.07, 6.45) is 0. The van der Waals surface area contributed by atoms with Crippen LogP contribution < -0.4 is 5.32 Å². The topological polar surface area (TPSA) is 57.8 Å². The Morgan fingerprint density at radius 3 is 2.91 bits per heavy atom. The normalized spacial score (nSPS) is 12.3. The molecule has 3 aromatic rings. The van der Waals surface area contributed by atoms with Gasteiger partial charge in [0.15, 0.2) is 5.16 Å². The maximum Gasteiger partial charge on any atom is 0.237 e. The van der Waals surface area contributed by atoms with Crippen LogP contribution in [0.1, 0.15) is 12.5 Å². The summed E-state index contributed by atoms with van der Waals surface area (Å²) >= 11 is 7.35. The molecule has 0 saturated heterocycles. The molecule has 118 valence electrons. The zero-order valence-electron chi connectivity index (χ0n) is 12.8. The number of hydrogen-bond acceptors (Lipinski definition) is 3. The van der Waals surface area contributed by atoms with E-state index in [0.29, 0.717) is 10.2 Å². The van der Waals surface area contributed by atoms with Crippen LogP contribution in [0.5, 0.6) is 0 Å². The van der Waals surface area contributed by atoms with Crippen molar-refractivity contribution in [2.45, 2.75) is 24.3 Å². The van der Waals surface area contributed by atoms with Crippen LogP contribution in [0, 0.1) is 6.92 Å². The van der Waals surface area contributed by atoms with Gasteiger partial charge in [0.05, 0.1) is 16.3 Å². The van der Waals surface area contributed by atoms with Crippen molar-refractivity contribution >= 4 is 46.0 Å². The van der Waals surface area contributed by atoms with Gasteiger partial charge in [-0.15, -0.1) is 0 Å². The van der Waals surface area contributed by atoms with E-state index in [1.54, 1.807) is 6.07 Å². The van der Waals surface area contributed by atoms with Gasteiger partial charge in [-0.2, -0.15) is 0 Å². The van der Waals surface area contributed by atoms with E-state index in [1.807, 2.05) is 50.2 Å². The van der Waals surface area contributed by atoms with E-state index < -0.39 is 0 Å². The number of aromatic nitrogens is 2. The minimum atomic E-state index is -0.272. The van der Waals surface area contributed by atoms with Crippen molar-refractivity contribution in [3.63, 3.8) is 0 Å².